The number of benzene rings is 1. The summed E-state index contributed by atoms with van der Waals surface area (Å²) < 4.78 is 5.23. The molecule has 7 heteroatoms. The van der Waals surface area contributed by atoms with Gasteiger partial charge in [-0.1, -0.05) is 18.2 Å². The molecule has 0 radical (unpaired) electrons. The lowest BCUT2D eigenvalue weighted by Crippen LogP contribution is -2.00. The maximum atomic E-state index is 5.23. The highest BCUT2D eigenvalue weighted by atomic mass is 16.3. The van der Waals surface area contributed by atoms with Crippen molar-refractivity contribution in [3.8, 4) is 0 Å². The Kier molecular flexibility index (Phi) is 3.74. The van der Waals surface area contributed by atoms with Crippen molar-refractivity contribution >= 4 is 39.8 Å². The highest BCUT2D eigenvalue weighted by Crippen LogP contribution is 2.24. The number of allylic oxidation sites excluding steroid dienone is 1. The van der Waals surface area contributed by atoms with Gasteiger partial charge in [0, 0.05) is 5.39 Å². The zero-order valence-corrected chi connectivity index (χ0v) is 13.8. The minimum atomic E-state index is 0.336. The molecule has 0 aliphatic rings. The normalized spacial score (nSPS) is 12.5. The van der Waals surface area contributed by atoms with Crippen LogP contribution in [-0.2, 0) is 0 Å². The molecule has 124 valence electrons. The Balaban J connectivity index is 1.58. The molecule has 0 fully saturated rings. The summed E-state index contributed by atoms with van der Waals surface area (Å²) in [5, 5.41) is 13.6. The van der Waals surface area contributed by atoms with Gasteiger partial charge in [-0.2, -0.15) is 10.1 Å². The van der Waals surface area contributed by atoms with Crippen LogP contribution in [0.1, 0.15) is 18.2 Å². The van der Waals surface area contributed by atoms with E-state index in [4.69, 9.17) is 4.42 Å². The predicted octanol–water partition coefficient (Wildman–Crippen LogP) is 3.91. The number of hydrogen-bond acceptors (Lipinski definition) is 6. The topological polar surface area (TPSA) is 92.0 Å². The maximum absolute atomic E-state index is 5.23. The third kappa shape index (κ3) is 2.99. The van der Waals surface area contributed by atoms with Crippen LogP contribution >= 0.6 is 0 Å². The van der Waals surface area contributed by atoms with E-state index < -0.39 is 0 Å². The van der Waals surface area contributed by atoms with E-state index in [1.54, 1.807) is 6.26 Å². The van der Waals surface area contributed by atoms with Crippen LogP contribution in [0.2, 0.25) is 0 Å². The summed E-state index contributed by atoms with van der Waals surface area (Å²) in [6.07, 6.45) is 5.30. The van der Waals surface area contributed by atoms with Gasteiger partial charge in [0.15, 0.2) is 5.65 Å². The number of fused-ring (bicyclic) bond motifs is 3. The van der Waals surface area contributed by atoms with E-state index in [2.05, 4.69) is 30.7 Å². The summed E-state index contributed by atoms with van der Waals surface area (Å²) in [6, 6.07) is 9.75. The van der Waals surface area contributed by atoms with Crippen molar-refractivity contribution < 1.29 is 4.42 Å². The van der Waals surface area contributed by atoms with E-state index in [0.717, 1.165) is 33.5 Å². The van der Waals surface area contributed by atoms with Crippen molar-refractivity contribution in [2.75, 3.05) is 5.43 Å². The smallest absolute Gasteiger partial charge is 0.265 e. The molecule has 0 atom stereocenters. The maximum Gasteiger partial charge on any atom is 0.265 e. The predicted molar refractivity (Wildman–Crippen MR) is 98.4 cm³/mol. The lowest BCUT2D eigenvalue weighted by atomic mass is 10.1. The van der Waals surface area contributed by atoms with Gasteiger partial charge >= 0.3 is 0 Å². The van der Waals surface area contributed by atoms with Crippen LogP contribution in [0.5, 0.6) is 0 Å². The van der Waals surface area contributed by atoms with Gasteiger partial charge in [0.05, 0.1) is 17.5 Å². The zero-order chi connectivity index (χ0) is 17.2. The summed E-state index contributed by atoms with van der Waals surface area (Å²) in [6.45, 7) is 3.91. The SMILES string of the molecule is CC(/C=C/c1ccco1)=N\Nc1nnc2c(n1)[nH]c1c(C)cccc12. The fourth-order valence-corrected chi connectivity index (χ4v) is 2.56. The molecule has 3 heterocycles. The molecule has 25 heavy (non-hydrogen) atoms. The first-order chi connectivity index (χ1) is 12.2. The number of para-hydroxylation sites is 1. The molecular formula is C18H16N6O. The second-order valence-corrected chi connectivity index (χ2v) is 5.67. The Bertz CT molecular complexity index is 1090. The zero-order valence-electron chi connectivity index (χ0n) is 13.8. The van der Waals surface area contributed by atoms with Crippen LogP contribution < -0.4 is 5.43 Å². The standard InChI is InChI=1S/C18H16N6O/c1-11-5-3-7-14-15(11)19-17-16(14)22-24-18(20-17)23-21-12(2)8-9-13-6-4-10-25-13/h3-10H,1-2H3,(H2,19,20,23,24)/b9-8+,21-12+. The summed E-state index contributed by atoms with van der Waals surface area (Å²) in [5.74, 6) is 1.10. The Morgan fingerprint density at radius 3 is 3.00 bits per heavy atom. The van der Waals surface area contributed by atoms with E-state index in [1.165, 1.54) is 0 Å². The van der Waals surface area contributed by atoms with Crippen molar-refractivity contribution in [3.05, 3.63) is 54.0 Å². The van der Waals surface area contributed by atoms with E-state index >= 15 is 0 Å². The van der Waals surface area contributed by atoms with Gasteiger partial charge in [0.25, 0.3) is 5.95 Å². The molecule has 0 amide bonds. The minimum Gasteiger partial charge on any atom is -0.465 e. The Morgan fingerprint density at radius 2 is 2.16 bits per heavy atom. The van der Waals surface area contributed by atoms with Crippen LogP contribution in [0.15, 0.2) is 52.2 Å². The highest BCUT2D eigenvalue weighted by Gasteiger charge is 2.09. The van der Waals surface area contributed by atoms with Gasteiger partial charge < -0.3 is 9.40 Å². The van der Waals surface area contributed by atoms with Crippen molar-refractivity contribution in [2.24, 2.45) is 5.10 Å². The minimum absolute atomic E-state index is 0.336. The molecule has 4 aromatic rings. The lowest BCUT2D eigenvalue weighted by Gasteiger charge is -1.98. The number of furan rings is 1. The van der Waals surface area contributed by atoms with Gasteiger partial charge in [-0.15, -0.1) is 10.2 Å². The summed E-state index contributed by atoms with van der Waals surface area (Å²) in [4.78, 5) is 7.74. The van der Waals surface area contributed by atoms with Gasteiger partial charge in [-0.05, 0) is 43.7 Å². The monoisotopic (exact) mass is 332 g/mol. The third-order valence-electron chi connectivity index (χ3n) is 3.82. The van der Waals surface area contributed by atoms with Crippen LogP contribution in [0.3, 0.4) is 0 Å². The molecule has 0 spiro atoms. The largest absolute Gasteiger partial charge is 0.465 e. The number of hydrazone groups is 1. The van der Waals surface area contributed by atoms with Gasteiger partial charge in [-0.3, -0.25) is 0 Å². The number of anilines is 1. The first kappa shape index (κ1) is 15.1. The van der Waals surface area contributed by atoms with Crippen LogP contribution in [0, 0.1) is 6.92 Å². The van der Waals surface area contributed by atoms with Gasteiger partial charge in [0.1, 0.15) is 11.3 Å². The van der Waals surface area contributed by atoms with Gasteiger partial charge in [0.2, 0.25) is 0 Å². The number of aromatic nitrogens is 4. The molecule has 4 rings (SSSR count). The molecule has 0 unspecified atom stereocenters. The first-order valence-corrected chi connectivity index (χ1v) is 7.84. The number of aromatic amines is 1. The molecule has 2 N–H and O–H groups in total. The van der Waals surface area contributed by atoms with Crippen molar-refractivity contribution in [2.45, 2.75) is 13.8 Å². The van der Waals surface area contributed by atoms with E-state index in [0.29, 0.717) is 11.6 Å². The fraction of sp³-hybridized carbons (Fsp3) is 0.111. The Morgan fingerprint density at radius 1 is 1.24 bits per heavy atom. The molecular weight excluding hydrogens is 316 g/mol. The fourth-order valence-electron chi connectivity index (χ4n) is 2.56. The lowest BCUT2D eigenvalue weighted by molar-refractivity contribution is 0.557. The number of H-pyrrole nitrogens is 1. The summed E-state index contributed by atoms with van der Waals surface area (Å²) in [7, 11) is 0. The number of aryl methyl sites for hydroxylation is 1. The molecule has 0 bridgehead atoms. The number of nitrogens with zero attached hydrogens (tertiary/aromatic N) is 4. The van der Waals surface area contributed by atoms with Crippen LogP contribution in [0.25, 0.3) is 28.1 Å². The number of nitrogens with one attached hydrogen (secondary N) is 2. The molecule has 0 aliphatic carbocycles. The van der Waals surface area contributed by atoms with Crippen LogP contribution in [0.4, 0.5) is 5.95 Å². The summed E-state index contributed by atoms with van der Waals surface area (Å²) in [5.41, 5.74) is 7.19. The molecule has 0 saturated heterocycles. The van der Waals surface area contributed by atoms with E-state index in [1.807, 2.05) is 56.3 Å². The third-order valence-corrected chi connectivity index (χ3v) is 3.82. The first-order valence-electron chi connectivity index (χ1n) is 7.84. The molecule has 7 nitrogen and oxygen atoms in total. The quantitative estimate of drug-likeness (QED) is 0.437. The van der Waals surface area contributed by atoms with E-state index in [-0.39, 0.29) is 0 Å². The second kappa shape index (κ2) is 6.20. The molecule has 3 aromatic heterocycles. The molecule has 0 saturated carbocycles. The highest BCUT2D eigenvalue weighted by molar-refractivity contribution is 6.04. The number of hydrogen-bond donors (Lipinski definition) is 2. The molecule has 1 aromatic carbocycles. The second-order valence-electron chi connectivity index (χ2n) is 5.67. The summed E-state index contributed by atoms with van der Waals surface area (Å²) >= 11 is 0. The van der Waals surface area contributed by atoms with Crippen molar-refractivity contribution in [3.63, 3.8) is 0 Å². The Hall–Kier alpha value is -3.48. The average molecular weight is 332 g/mol. The van der Waals surface area contributed by atoms with Crippen molar-refractivity contribution in [1.82, 2.24) is 20.2 Å². The average Bonchev–Trinajstić information content (AvgIpc) is 3.26. The van der Waals surface area contributed by atoms with Crippen LogP contribution in [-0.4, -0.2) is 25.9 Å². The number of rotatable bonds is 4. The van der Waals surface area contributed by atoms with Crippen molar-refractivity contribution in [1.29, 1.82) is 0 Å². The molecule has 0 aliphatic heterocycles. The van der Waals surface area contributed by atoms with E-state index in [9.17, 15) is 0 Å². The van der Waals surface area contributed by atoms with Gasteiger partial charge in [-0.25, -0.2) is 5.43 Å². The Labute approximate surface area is 143 Å².